The van der Waals surface area contributed by atoms with E-state index in [1.807, 2.05) is 0 Å². The highest BCUT2D eigenvalue weighted by Gasteiger charge is 2.37. The van der Waals surface area contributed by atoms with Gasteiger partial charge in [0.25, 0.3) is 0 Å². The zero-order valence-corrected chi connectivity index (χ0v) is 17.9. The van der Waals surface area contributed by atoms with Crippen LogP contribution >= 0.6 is 0 Å². The Kier molecular flexibility index (Phi) is 5.59. The highest BCUT2D eigenvalue weighted by molar-refractivity contribution is 7.89. The quantitative estimate of drug-likeness (QED) is 0.720. The van der Waals surface area contributed by atoms with Crippen molar-refractivity contribution in [1.82, 2.24) is 9.62 Å². The van der Waals surface area contributed by atoms with Crippen LogP contribution in [0.3, 0.4) is 0 Å². The number of fused-ring (bicyclic) bond motifs is 1. The standard InChI is InChI=1S/C21H27N3O5S/c1-14(2)29-21(26)22-17-8-10-23(11-9-17)30(27,28)18-5-6-19-16(13-18)7-12-24(19)20(25)15-3-4-15/h5-6,13,15,17H,1,3-4,7-12H2,2H3,(H,22,26). The van der Waals surface area contributed by atoms with Gasteiger partial charge in [0, 0.05) is 37.3 Å². The number of piperidine rings is 1. The van der Waals surface area contributed by atoms with Crippen molar-refractivity contribution in [3.63, 3.8) is 0 Å². The van der Waals surface area contributed by atoms with Crippen molar-refractivity contribution in [3.8, 4) is 0 Å². The van der Waals surface area contributed by atoms with Crippen LogP contribution in [0.2, 0.25) is 0 Å². The Bertz CT molecular complexity index is 978. The van der Waals surface area contributed by atoms with E-state index in [0.29, 0.717) is 44.7 Å². The third kappa shape index (κ3) is 4.22. The number of carbonyl (C=O) groups excluding carboxylic acids is 2. The lowest BCUT2D eigenvalue weighted by Crippen LogP contribution is -2.46. The molecular formula is C21H27N3O5S. The number of nitrogens with zero attached hydrogens (tertiary/aromatic N) is 2. The van der Waals surface area contributed by atoms with Crippen molar-refractivity contribution in [1.29, 1.82) is 0 Å². The molecule has 162 valence electrons. The van der Waals surface area contributed by atoms with Crippen molar-refractivity contribution < 1.29 is 22.7 Å². The lowest BCUT2D eigenvalue weighted by Gasteiger charge is -2.31. The summed E-state index contributed by atoms with van der Waals surface area (Å²) < 4.78 is 32.6. The fraction of sp³-hybridized carbons (Fsp3) is 0.524. The minimum Gasteiger partial charge on any atom is -0.416 e. The van der Waals surface area contributed by atoms with Crippen molar-refractivity contribution in [2.75, 3.05) is 24.5 Å². The van der Waals surface area contributed by atoms with E-state index in [0.717, 1.165) is 24.1 Å². The molecule has 0 aromatic heterocycles. The Morgan fingerprint density at radius 2 is 1.83 bits per heavy atom. The van der Waals surface area contributed by atoms with E-state index in [1.165, 1.54) is 4.31 Å². The second-order valence-electron chi connectivity index (χ2n) is 8.22. The predicted molar refractivity (Wildman–Crippen MR) is 111 cm³/mol. The van der Waals surface area contributed by atoms with E-state index in [9.17, 15) is 18.0 Å². The van der Waals surface area contributed by atoms with Gasteiger partial charge in [-0.15, -0.1) is 0 Å². The van der Waals surface area contributed by atoms with E-state index in [4.69, 9.17) is 4.74 Å². The summed E-state index contributed by atoms with van der Waals surface area (Å²) in [5, 5.41) is 2.74. The van der Waals surface area contributed by atoms with Gasteiger partial charge in [0.05, 0.1) is 10.7 Å². The molecule has 0 atom stereocenters. The molecule has 8 nitrogen and oxygen atoms in total. The molecule has 0 spiro atoms. The van der Waals surface area contributed by atoms with Gasteiger partial charge in [-0.05, 0) is 62.8 Å². The lowest BCUT2D eigenvalue weighted by atomic mass is 10.1. The Morgan fingerprint density at radius 1 is 1.13 bits per heavy atom. The third-order valence-corrected chi connectivity index (χ3v) is 7.71. The number of alkyl carbamates (subject to hydrolysis) is 1. The second kappa shape index (κ2) is 8.03. The van der Waals surface area contributed by atoms with Crippen LogP contribution in [-0.2, 0) is 26.0 Å². The number of benzene rings is 1. The SMILES string of the molecule is C=C(C)OC(=O)NC1CCN(S(=O)(=O)c2ccc3c(c2)CCN3C(=O)C2CC2)CC1. The van der Waals surface area contributed by atoms with Gasteiger partial charge >= 0.3 is 6.09 Å². The van der Waals surface area contributed by atoms with Gasteiger partial charge in [-0.25, -0.2) is 13.2 Å². The molecule has 9 heteroatoms. The summed E-state index contributed by atoms with van der Waals surface area (Å²) in [5.41, 5.74) is 1.74. The average molecular weight is 434 g/mol. The fourth-order valence-corrected chi connectivity index (χ4v) is 5.58. The van der Waals surface area contributed by atoms with Crippen LogP contribution in [0.4, 0.5) is 10.5 Å². The van der Waals surface area contributed by atoms with Gasteiger partial charge in [-0.2, -0.15) is 4.31 Å². The van der Waals surface area contributed by atoms with Crippen molar-refractivity contribution >= 4 is 27.7 Å². The minimum atomic E-state index is -3.62. The van der Waals surface area contributed by atoms with Gasteiger partial charge in [0.15, 0.2) is 0 Å². The van der Waals surface area contributed by atoms with E-state index in [2.05, 4.69) is 11.9 Å². The number of sulfonamides is 1. The summed E-state index contributed by atoms with van der Waals surface area (Å²) in [7, 11) is -3.62. The number of hydrogen-bond acceptors (Lipinski definition) is 5. The normalized spacial score (nSPS) is 20.0. The minimum absolute atomic E-state index is 0.134. The van der Waals surface area contributed by atoms with Crippen LogP contribution in [-0.4, -0.2) is 50.4 Å². The van der Waals surface area contributed by atoms with Crippen molar-refractivity contribution in [2.24, 2.45) is 5.92 Å². The van der Waals surface area contributed by atoms with Gasteiger partial charge in [-0.3, -0.25) is 4.79 Å². The summed E-state index contributed by atoms with van der Waals surface area (Å²) in [6.45, 7) is 6.38. The molecule has 2 heterocycles. The number of nitrogens with one attached hydrogen (secondary N) is 1. The van der Waals surface area contributed by atoms with Crippen molar-refractivity contribution in [2.45, 2.75) is 50.0 Å². The number of rotatable bonds is 5. The first-order chi connectivity index (χ1) is 14.3. The zero-order chi connectivity index (χ0) is 21.5. The van der Waals surface area contributed by atoms with Crippen LogP contribution in [0.5, 0.6) is 0 Å². The Hall–Kier alpha value is -2.39. The topological polar surface area (TPSA) is 96.0 Å². The van der Waals surface area contributed by atoms with E-state index in [-0.39, 0.29) is 22.8 Å². The first kappa shape index (κ1) is 20.9. The largest absolute Gasteiger partial charge is 0.416 e. The molecule has 1 N–H and O–H groups in total. The van der Waals surface area contributed by atoms with Gasteiger partial charge in [0.2, 0.25) is 15.9 Å². The van der Waals surface area contributed by atoms with E-state index in [1.54, 1.807) is 30.0 Å². The summed E-state index contributed by atoms with van der Waals surface area (Å²) in [6.07, 6.45) is 3.04. The number of carbonyl (C=O) groups is 2. The van der Waals surface area contributed by atoms with Gasteiger partial charge in [-0.1, -0.05) is 6.58 Å². The highest BCUT2D eigenvalue weighted by Crippen LogP contribution is 2.37. The lowest BCUT2D eigenvalue weighted by molar-refractivity contribution is -0.119. The molecule has 1 aromatic rings. The number of ether oxygens (including phenoxy) is 1. The number of amides is 2. The molecule has 2 fully saturated rings. The Labute approximate surface area is 176 Å². The monoisotopic (exact) mass is 433 g/mol. The van der Waals surface area contributed by atoms with Crippen LogP contribution in [0.15, 0.2) is 35.4 Å². The molecule has 0 radical (unpaired) electrons. The van der Waals surface area contributed by atoms with E-state index < -0.39 is 16.1 Å². The molecule has 1 aliphatic carbocycles. The Balaban J connectivity index is 1.40. The smallest absolute Gasteiger partial charge is 0.412 e. The van der Waals surface area contributed by atoms with Gasteiger partial charge < -0.3 is 15.0 Å². The van der Waals surface area contributed by atoms with Crippen LogP contribution in [0, 0.1) is 5.92 Å². The molecular weight excluding hydrogens is 406 g/mol. The molecule has 1 saturated heterocycles. The van der Waals surface area contributed by atoms with E-state index >= 15 is 0 Å². The molecule has 0 bridgehead atoms. The van der Waals surface area contributed by atoms with Crippen LogP contribution < -0.4 is 10.2 Å². The zero-order valence-electron chi connectivity index (χ0n) is 17.1. The first-order valence-corrected chi connectivity index (χ1v) is 11.8. The number of anilines is 1. The van der Waals surface area contributed by atoms with Gasteiger partial charge in [0.1, 0.15) is 0 Å². The maximum absolute atomic E-state index is 13.1. The highest BCUT2D eigenvalue weighted by atomic mass is 32.2. The number of allylic oxidation sites excluding steroid dienone is 1. The Morgan fingerprint density at radius 3 is 2.47 bits per heavy atom. The maximum atomic E-state index is 13.1. The molecule has 2 amide bonds. The predicted octanol–water partition coefficient (Wildman–Crippen LogP) is 2.40. The first-order valence-electron chi connectivity index (χ1n) is 10.3. The van der Waals surface area contributed by atoms with Crippen LogP contribution in [0.25, 0.3) is 0 Å². The molecule has 1 saturated carbocycles. The summed E-state index contributed by atoms with van der Waals surface area (Å²) in [5.74, 6) is 0.604. The molecule has 1 aromatic carbocycles. The third-order valence-electron chi connectivity index (χ3n) is 5.82. The molecule has 30 heavy (non-hydrogen) atoms. The maximum Gasteiger partial charge on any atom is 0.412 e. The summed E-state index contributed by atoms with van der Waals surface area (Å²) in [4.78, 5) is 26.2. The van der Waals surface area contributed by atoms with Crippen LogP contribution in [0.1, 0.15) is 38.2 Å². The van der Waals surface area contributed by atoms with Crippen molar-refractivity contribution in [3.05, 3.63) is 36.1 Å². The fourth-order valence-electron chi connectivity index (χ4n) is 4.06. The number of hydrogen-bond donors (Lipinski definition) is 1. The molecule has 0 unspecified atom stereocenters. The molecule has 2 aliphatic heterocycles. The molecule has 4 rings (SSSR count). The average Bonchev–Trinajstić information content (AvgIpc) is 3.46. The summed E-state index contributed by atoms with van der Waals surface area (Å²) in [6, 6.07) is 4.93. The second-order valence-corrected chi connectivity index (χ2v) is 10.2. The molecule has 3 aliphatic rings. The summed E-state index contributed by atoms with van der Waals surface area (Å²) >= 11 is 0.